The van der Waals surface area contributed by atoms with Gasteiger partial charge in [-0.3, -0.25) is 19.1 Å². The van der Waals surface area contributed by atoms with Crippen LogP contribution < -0.4 is 5.32 Å². The first-order valence-electron chi connectivity index (χ1n) is 7.30. The molecule has 1 aromatic rings. The van der Waals surface area contributed by atoms with Gasteiger partial charge in [0.1, 0.15) is 10.4 Å². The fourth-order valence-electron chi connectivity index (χ4n) is 2.69. The fourth-order valence-corrected chi connectivity index (χ4v) is 4.11. The van der Waals surface area contributed by atoms with E-state index < -0.39 is 17.3 Å². The van der Waals surface area contributed by atoms with Crippen molar-refractivity contribution in [3.63, 3.8) is 0 Å². The van der Waals surface area contributed by atoms with Gasteiger partial charge in [0.05, 0.1) is 24.5 Å². The van der Waals surface area contributed by atoms with Crippen LogP contribution in [0.2, 0.25) is 0 Å². The summed E-state index contributed by atoms with van der Waals surface area (Å²) in [4.78, 5) is 39.8. The van der Waals surface area contributed by atoms with Crippen molar-refractivity contribution in [2.45, 2.75) is 18.7 Å². The molecule has 0 spiro atoms. The Labute approximate surface area is 141 Å². The molecule has 0 bridgehead atoms. The van der Waals surface area contributed by atoms with Crippen molar-refractivity contribution in [1.82, 2.24) is 19.8 Å². The Morgan fingerprint density at radius 2 is 2.21 bits per heavy atom. The Morgan fingerprint density at radius 1 is 1.46 bits per heavy atom. The molecule has 0 unspecified atom stereocenters. The lowest BCUT2D eigenvalue weighted by molar-refractivity contribution is -0.153. The molecule has 0 radical (unpaired) electrons. The van der Waals surface area contributed by atoms with Gasteiger partial charge in [0.25, 0.3) is 0 Å². The van der Waals surface area contributed by atoms with E-state index in [4.69, 9.17) is 0 Å². The van der Waals surface area contributed by atoms with E-state index in [9.17, 15) is 24.6 Å². The zero-order chi connectivity index (χ0) is 17.4. The number of aliphatic hydroxyl groups excluding tert-OH is 1. The molecule has 1 saturated heterocycles. The average molecular weight is 352 g/mol. The van der Waals surface area contributed by atoms with Crippen LogP contribution in [0.25, 0.3) is 5.03 Å². The summed E-state index contributed by atoms with van der Waals surface area (Å²) in [5.41, 5.74) is 0.603. The van der Waals surface area contributed by atoms with E-state index in [1.807, 2.05) is 0 Å². The van der Waals surface area contributed by atoms with E-state index in [0.29, 0.717) is 23.7 Å². The topological polar surface area (TPSA) is 125 Å². The van der Waals surface area contributed by atoms with Crippen molar-refractivity contribution in [2.24, 2.45) is 5.92 Å². The molecular formula is C14H16N4O5S. The van der Waals surface area contributed by atoms with Gasteiger partial charge in [-0.1, -0.05) is 11.8 Å². The summed E-state index contributed by atoms with van der Waals surface area (Å²) >= 11 is 1.23. The molecule has 9 nitrogen and oxygen atoms in total. The number of aliphatic carboxylic acids is 1. The zero-order valence-corrected chi connectivity index (χ0v) is 13.6. The van der Waals surface area contributed by atoms with Gasteiger partial charge in [-0.2, -0.15) is 0 Å². The number of aliphatic hydroxyl groups is 1. The summed E-state index contributed by atoms with van der Waals surface area (Å²) in [5.74, 6) is -2.29. The summed E-state index contributed by atoms with van der Waals surface area (Å²) < 4.78 is 1.57. The highest BCUT2D eigenvalue weighted by Gasteiger charge is 2.56. The normalized spacial score (nSPS) is 22.4. The number of nitrogens with one attached hydrogen (secondary N) is 1. The maximum atomic E-state index is 12.0. The number of β-lactam (4-membered cyclic amide) rings is 1. The maximum absolute atomic E-state index is 12.0. The number of rotatable bonds is 6. The molecule has 10 heteroatoms. The average Bonchev–Trinajstić information content (AvgIpc) is 3.09. The van der Waals surface area contributed by atoms with E-state index in [-0.39, 0.29) is 24.1 Å². The monoisotopic (exact) mass is 352 g/mol. The predicted octanol–water partition coefficient (Wildman–Crippen LogP) is -0.704. The summed E-state index contributed by atoms with van der Waals surface area (Å²) in [7, 11) is 0. The Balaban J connectivity index is 1.81. The number of nitrogens with zero attached hydrogens (tertiary/aromatic N) is 3. The molecule has 3 N–H and O–H groups in total. The smallest absolute Gasteiger partial charge is 0.355 e. The van der Waals surface area contributed by atoms with Gasteiger partial charge in [0.15, 0.2) is 5.70 Å². The molecular weight excluding hydrogens is 336 g/mol. The maximum Gasteiger partial charge on any atom is 0.355 e. The van der Waals surface area contributed by atoms with Crippen LogP contribution >= 0.6 is 11.8 Å². The van der Waals surface area contributed by atoms with Gasteiger partial charge >= 0.3 is 5.97 Å². The number of aromatic nitrogens is 2. The van der Waals surface area contributed by atoms with Crippen LogP contribution in [0.4, 0.5) is 0 Å². The molecule has 3 heterocycles. The van der Waals surface area contributed by atoms with Crippen LogP contribution in [-0.2, 0) is 20.8 Å². The first-order chi connectivity index (χ1) is 11.4. The van der Waals surface area contributed by atoms with E-state index >= 15 is 0 Å². The van der Waals surface area contributed by atoms with E-state index in [0.717, 1.165) is 0 Å². The Morgan fingerprint density at radius 3 is 2.83 bits per heavy atom. The molecule has 2 aliphatic heterocycles. The Kier molecular flexibility index (Phi) is 4.33. The molecule has 3 rings (SSSR count). The highest BCUT2D eigenvalue weighted by atomic mass is 32.2. The number of amides is 2. The minimum atomic E-state index is -1.20. The van der Waals surface area contributed by atoms with Gasteiger partial charge < -0.3 is 15.5 Å². The number of carbonyl (C=O) groups excluding carboxylic acids is 2. The van der Waals surface area contributed by atoms with Crippen molar-refractivity contribution >= 4 is 34.6 Å². The number of thioether (sulfide) groups is 1. The summed E-state index contributed by atoms with van der Waals surface area (Å²) in [6, 6.07) is 0. The molecule has 2 aliphatic rings. The van der Waals surface area contributed by atoms with Crippen LogP contribution in [0, 0.1) is 5.92 Å². The van der Waals surface area contributed by atoms with Crippen LogP contribution in [-0.4, -0.2) is 61.0 Å². The largest absolute Gasteiger partial charge is 0.476 e. The molecule has 0 aromatic carbocycles. The fraction of sp³-hybridized carbons (Fsp3) is 0.429. The predicted molar refractivity (Wildman–Crippen MR) is 84.3 cm³/mol. The SMILES string of the molecule is CC(=O)NCCc1cn(C2=C(C(=O)O)N3C(=O)[C@H](CO)[C@H]3S2)cn1. The number of fused-ring (bicyclic) bond motifs is 1. The van der Waals surface area contributed by atoms with Crippen LogP contribution in [0.3, 0.4) is 0 Å². The lowest BCUT2D eigenvalue weighted by Gasteiger charge is -2.40. The Hall–Kier alpha value is -2.33. The number of carbonyl (C=O) groups is 3. The van der Waals surface area contributed by atoms with Crippen LogP contribution in [0.5, 0.6) is 0 Å². The van der Waals surface area contributed by atoms with Crippen molar-refractivity contribution in [3.05, 3.63) is 23.9 Å². The van der Waals surface area contributed by atoms with Gasteiger partial charge in [0.2, 0.25) is 11.8 Å². The van der Waals surface area contributed by atoms with Gasteiger partial charge in [-0.25, -0.2) is 9.78 Å². The molecule has 1 fully saturated rings. The summed E-state index contributed by atoms with van der Waals surface area (Å²) in [5, 5.41) is 21.4. The van der Waals surface area contributed by atoms with E-state index in [1.165, 1.54) is 29.9 Å². The lowest BCUT2D eigenvalue weighted by Crippen LogP contribution is -2.58. The standard InChI is InChI=1S/C14H16N4O5S/c1-7(20)15-3-2-8-4-17(6-16-8)13-10(14(22)23)18-11(21)9(5-19)12(18)24-13/h4,6,9,12,19H,2-3,5H2,1H3,(H,15,20)(H,22,23)/t9-,12+/m0/s1. The van der Waals surface area contributed by atoms with Gasteiger partial charge in [-0.05, 0) is 0 Å². The quantitative estimate of drug-likeness (QED) is 0.578. The number of carboxylic acid groups (broad SMARTS) is 1. The van der Waals surface area contributed by atoms with Crippen molar-refractivity contribution < 1.29 is 24.6 Å². The second-order valence-corrected chi connectivity index (χ2v) is 6.58. The van der Waals surface area contributed by atoms with Gasteiger partial charge in [0, 0.05) is 26.1 Å². The van der Waals surface area contributed by atoms with Gasteiger partial charge in [-0.15, -0.1) is 0 Å². The zero-order valence-electron chi connectivity index (χ0n) is 12.8. The minimum Gasteiger partial charge on any atom is -0.476 e. The highest BCUT2D eigenvalue weighted by molar-refractivity contribution is 8.08. The number of carboxylic acids is 1. The van der Waals surface area contributed by atoms with Crippen molar-refractivity contribution in [1.29, 1.82) is 0 Å². The van der Waals surface area contributed by atoms with Crippen molar-refractivity contribution in [2.75, 3.05) is 13.2 Å². The number of hydrogen-bond donors (Lipinski definition) is 3. The Bertz CT molecular complexity index is 743. The molecule has 2 amide bonds. The molecule has 2 atom stereocenters. The molecule has 0 saturated carbocycles. The van der Waals surface area contributed by atoms with Crippen LogP contribution in [0.1, 0.15) is 12.6 Å². The third kappa shape index (κ3) is 2.67. The molecule has 24 heavy (non-hydrogen) atoms. The summed E-state index contributed by atoms with van der Waals surface area (Å²) in [6.45, 7) is 1.56. The lowest BCUT2D eigenvalue weighted by atomic mass is 9.98. The van der Waals surface area contributed by atoms with E-state index in [2.05, 4.69) is 10.3 Å². The van der Waals surface area contributed by atoms with E-state index in [1.54, 1.807) is 10.8 Å². The third-order valence-corrected chi connectivity index (χ3v) is 5.26. The molecule has 128 valence electrons. The second-order valence-electron chi connectivity index (χ2n) is 5.47. The number of imidazole rings is 1. The van der Waals surface area contributed by atoms with Crippen molar-refractivity contribution in [3.8, 4) is 0 Å². The highest BCUT2D eigenvalue weighted by Crippen LogP contribution is 2.50. The first kappa shape index (κ1) is 16.5. The second kappa shape index (κ2) is 6.29. The third-order valence-electron chi connectivity index (χ3n) is 3.85. The summed E-state index contributed by atoms with van der Waals surface area (Å²) in [6.07, 6.45) is 3.67. The molecule has 1 aromatic heterocycles. The minimum absolute atomic E-state index is 0.0921. The van der Waals surface area contributed by atoms with Crippen LogP contribution in [0.15, 0.2) is 18.2 Å². The first-order valence-corrected chi connectivity index (χ1v) is 8.17. The number of hydrogen-bond acceptors (Lipinski definition) is 6. The molecule has 0 aliphatic carbocycles.